The Morgan fingerprint density at radius 3 is 2.08 bits per heavy atom. The molecule has 2 amide bonds. The third kappa shape index (κ3) is 9.08. The van der Waals surface area contributed by atoms with Gasteiger partial charge in [0.05, 0.1) is 32.7 Å². The smallest absolute Gasteiger partial charge is 0.336 e. The molecule has 2 aromatic rings. The molecule has 0 saturated carbocycles. The number of rotatable bonds is 8. The summed E-state index contributed by atoms with van der Waals surface area (Å²) in [6.45, 7) is 1.84. The molecule has 0 heterocycles. The molecule has 0 aliphatic rings. The average Bonchev–Trinajstić information content (AvgIpc) is 2.72. The Balaban J connectivity index is 2.26. The van der Waals surface area contributed by atoms with Crippen molar-refractivity contribution >= 4 is 68.4 Å². The number of amides is 2. The average molecular weight is 655 g/mol. The lowest BCUT2D eigenvalue weighted by Crippen LogP contribution is -2.46. The van der Waals surface area contributed by atoms with Gasteiger partial charge in [-0.15, -0.1) is 0 Å². The second-order valence-corrected chi connectivity index (χ2v) is 10.0. The molecular weight excluding hydrogens is 637 g/mol. The first-order chi connectivity index (χ1) is 16.9. The summed E-state index contributed by atoms with van der Waals surface area (Å²) in [5, 5.41) is 4.04. The molecule has 0 saturated heterocycles. The van der Waals surface area contributed by atoms with Crippen LogP contribution in [-0.4, -0.2) is 30.1 Å². The first-order valence-corrected chi connectivity index (χ1v) is 12.2. The fourth-order valence-electron chi connectivity index (χ4n) is 3.17. The molecule has 2 rings (SSSR count). The molecule has 2 aromatic carbocycles. The molecule has 0 radical (unpaired) electrons. The third-order valence-electron chi connectivity index (χ3n) is 4.80. The van der Waals surface area contributed by atoms with Crippen LogP contribution in [0.2, 0.25) is 15.1 Å². The van der Waals surface area contributed by atoms with E-state index in [0.29, 0.717) is 13.0 Å². The van der Waals surface area contributed by atoms with Gasteiger partial charge in [-0.1, -0.05) is 40.9 Å². The van der Waals surface area contributed by atoms with Crippen LogP contribution in [0, 0.1) is 0 Å². The predicted octanol–water partition coefficient (Wildman–Crippen LogP) is 8.30. The molecule has 2 unspecified atom stereocenters. The lowest BCUT2D eigenvalue weighted by atomic mass is 9.92. The Labute approximate surface area is 231 Å². The topological polar surface area (TPSA) is 58.2 Å². The first kappa shape index (κ1) is 31.3. The van der Waals surface area contributed by atoms with E-state index >= 15 is 4.39 Å². The van der Waals surface area contributed by atoms with Gasteiger partial charge in [-0.3, -0.25) is 9.59 Å². The second-order valence-electron chi connectivity index (χ2n) is 8.00. The fraction of sp³-hybridized carbons (Fsp3) is 0.304. The molecule has 14 heteroatoms. The summed E-state index contributed by atoms with van der Waals surface area (Å²) in [6, 6.07) is 5.77. The van der Waals surface area contributed by atoms with E-state index in [1.807, 2.05) is 5.32 Å². The Morgan fingerprint density at radius 2 is 1.59 bits per heavy atom. The van der Waals surface area contributed by atoms with Crippen molar-refractivity contribution in [1.29, 1.82) is 0 Å². The van der Waals surface area contributed by atoms with Gasteiger partial charge in [0.2, 0.25) is 5.91 Å². The summed E-state index contributed by atoms with van der Waals surface area (Å²) in [5.41, 5.74) is -0.295. The van der Waals surface area contributed by atoms with Gasteiger partial charge >= 0.3 is 6.18 Å². The third-order valence-corrected chi connectivity index (χ3v) is 6.65. The van der Waals surface area contributed by atoms with Crippen LogP contribution in [0.15, 0.2) is 40.9 Å². The summed E-state index contributed by atoms with van der Waals surface area (Å²) in [5.74, 6) is -8.39. The molecule has 37 heavy (non-hydrogen) atoms. The van der Waals surface area contributed by atoms with Gasteiger partial charge < -0.3 is 10.6 Å². The van der Waals surface area contributed by atoms with Gasteiger partial charge in [-0.25, -0.2) is 13.2 Å². The second kappa shape index (κ2) is 12.3. The van der Waals surface area contributed by atoms with E-state index in [0.717, 1.165) is 24.3 Å². The molecule has 0 bridgehead atoms. The number of hydrogen-bond donors (Lipinski definition) is 2. The molecule has 0 fully saturated rings. The van der Waals surface area contributed by atoms with E-state index < -0.39 is 48.2 Å². The number of carbonyl (C=O) groups is 2. The van der Waals surface area contributed by atoms with Crippen molar-refractivity contribution in [2.75, 3.05) is 0 Å². The number of alkyl halides is 5. The van der Waals surface area contributed by atoms with Crippen LogP contribution in [0.1, 0.15) is 47.7 Å². The van der Waals surface area contributed by atoms with E-state index in [9.17, 15) is 31.5 Å². The maximum Gasteiger partial charge on any atom is 0.397 e. The molecule has 2 N–H and O–H groups in total. The maximum atomic E-state index is 15.1. The minimum absolute atomic E-state index is 0.0401. The fourth-order valence-corrected chi connectivity index (χ4v) is 4.34. The zero-order valence-electron chi connectivity index (χ0n) is 18.9. The summed E-state index contributed by atoms with van der Waals surface area (Å²) in [4.78, 5) is 23.8. The Morgan fingerprint density at radius 1 is 1.03 bits per heavy atom. The van der Waals surface area contributed by atoms with Crippen LogP contribution in [0.25, 0.3) is 5.83 Å². The number of carbonyl (C=O) groups excluding carboxylic acids is 2. The molecular formula is C23H18BrCl3F6N2O2. The van der Waals surface area contributed by atoms with Crippen LogP contribution < -0.4 is 10.6 Å². The quantitative estimate of drug-likeness (QED) is 0.171. The van der Waals surface area contributed by atoms with E-state index in [1.54, 1.807) is 0 Å². The van der Waals surface area contributed by atoms with E-state index in [4.69, 9.17) is 34.8 Å². The number of nitrogens with one attached hydrogen (secondary N) is 2. The molecule has 0 spiro atoms. The normalized spacial score (nSPS) is 14.2. The van der Waals surface area contributed by atoms with Crippen LogP contribution in [0.5, 0.6) is 0 Å². The molecule has 202 valence electrons. The van der Waals surface area contributed by atoms with Crippen LogP contribution in [0.4, 0.5) is 26.3 Å². The predicted molar refractivity (Wildman–Crippen MR) is 134 cm³/mol. The highest BCUT2D eigenvalue weighted by atomic mass is 79.9. The highest BCUT2D eigenvalue weighted by molar-refractivity contribution is 9.10. The number of hydrogen-bond acceptors (Lipinski definition) is 2. The number of halogens is 10. The van der Waals surface area contributed by atoms with E-state index in [2.05, 4.69) is 21.2 Å². The van der Waals surface area contributed by atoms with Crippen LogP contribution >= 0.6 is 50.7 Å². The zero-order valence-corrected chi connectivity index (χ0v) is 22.8. The monoisotopic (exact) mass is 652 g/mol. The lowest BCUT2D eigenvalue weighted by molar-refractivity contribution is -0.154. The summed E-state index contributed by atoms with van der Waals surface area (Å²) in [7, 11) is 0. The Bertz CT molecular complexity index is 1190. The summed E-state index contributed by atoms with van der Waals surface area (Å²) >= 11 is 20.8. The zero-order chi connectivity index (χ0) is 28.3. The minimum Gasteiger partial charge on any atom is -0.336 e. The van der Waals surface area contributed by atoms with Crippen molar-refractivity contribution in [2.24, 2.45) is 0 Å². The van der Waals surface area contributed by atoms with Gasteiger partial charge in [0.15, 0.2) is 0 Å². The SMILES string of the molecule is CC(NC(=O)CC(F)(F)F)NC(=O)c1ccc(/C(F)=C/C(c2cc(Cl)c(Cl)c(Cl)c2)C(C)(F)F)cc1Br. The van der Waals surface area contributed by atoms with Gasteiger partial charge in [-0.2, -0.15) is 13.2 Å². The highest BCUT2D eigenvalue weighted by Gasteiger charge is 2.35. The van der Waals surface area contributed by atoms with Crippen molar-refractivity contribution < 1.29 is 35.9 Å². The van der Waals surface area contributed by atoms with E-state index in [1.165, 1.54) is 13.0 Å². The molecule has 0 aromatic heterocycles. The highest BCUT2D eigenvalue weighted by Crippen LogP contribution is 2.41. The van der Waals surface area contributed by atoms with Crippen molar-refractivity contribution in [3.8, 4) is 0 Å². The van der Waals surface area contributed by atoms with Gasteiger partial charge in [0.25, 0.3) is 11.8 Å². The lowest BCUT2D eigenvalue weighted by Gasteiger charge is -2.22. The molecule has 0 aliphatic carbocycles. The van der Waals surface area contributed by atoms with Crippen LogP contribution in [-0.2, 0) is 4.79 Å². The molecule has 2 atom stereocenters. The van der Waals surface area contributed by atoms with Gasteiger partial charge in [0, 0.05) is 17.0 Å². The summed E-state index contributed by atoms with van der Waals surface area (Å²) in [6.07, 6.45) is -6.91. The van der Waals surface area contributed by atoms with Gasteiger partial charge in [-0.05, 0) is 58.8 Å². The number of allylic oxidation sites excluding steroid dienone is 1. The summed E-state index contributed by atoms with van der Waals surface area (Å²) < 4.78 is 80.7. The largest absolute Gasteiger partial charge is 0.397 e. The standard InChI is InChI=1S/C23H18BrCl3F6N2O2/c1-10(34-19(36)9-23(31,32)33)35-21(37)13-4-3-11(5-15(13)24)18(28)8-14(22(2,29)30)12-6-16(25)20(27)17(26)7-12/h3-8,10,14H,9H2,1-2H3,(H,34,36)(H,35,37)/b18-8-. The van der Waals surface area contributed by atoms with Crippen molar-refractivity contribution in [1.82, 2.24) is 10.6 Å². The van der Waals surface area contributed by atoms with Crippen molar-refractivity contribution in [3.63, 3.8) is 0 Å². The Hall–Kier alpha value is -1.95. The molecule has 4 nitrogen and oxygen atoms in total. The Kier molecular flexibility index (Phi) is 10.4. The molecule has 0 aliphatic heterocycles. The van der Waals surface area contributed by atoms with Gasteiger partial charge in [0.1, 0.15) is 12.2 Å². The maximum absolute atomic E-state index is 15.1. The first-order valence-electron chi connectivity index (χ1n) is 10.3. The minimum atomic E-state index is -4.71. The van der Waals surface area contributed by atoms with Crippen molar-refractivity contribution in [2.45, 2.75) is 44.5 Å². The van der Waals surface area contributed by atoms with Crippen LogP contribution in [0.3, 0.4) is 0 Å². The van der Waals surface area contributed by atoms with Crippen molar-refractivity contribution in [3.05, 3.63) is 72.6 Å². The number of benzene rings is 2. The van der Waals surface area contributed by atoms with E-state index in [-0.39, 0.29) is 36.2 Å².